The Balaban J connectivity index is 1.85. The number of aryl methyl sites for hydroxylation is 2. The molecular weight excluding hydrogens is 254 g/mol. The van der Waals surface area contributed by atoms with Gasteiger partial charge < -0.3 is 0 Å². The topological polar surface area (TPSA) is 23.8 Å². The van der Waals surface area contributed by atoms with E-state index in [-0.39, 0.29) is 11.3 Å². The van der Waals surface area contributed by atoms with Gasteiger partial charge >= 0.3 is 0 Å². The lowest BCUT2D eigenvalue weighted by atomic mass is 9.60. The molecule has 3 unspecified atom stereocenters. The van der Waals surface area contributed by atoms with Gasteiger partial charge in [-0.25, -0.2) is 0 Å². The van der Waals surface area contributed by atoms with E-state index in [1.807, 2.05) is 0 Å². The van der Waals surface area contributed by atoms with Crippen molar-refractivity contribution in [1.82, 2.24) is 0 Å². The van der Waals surface area contributed by atoms with Gasteiger partial charge in [0.1, 0.15) is 0 Å². The van der Waals surface area contributed by atoms with Crippen molar-refractivity contribution in [3.05, 3.63) is 46.0 Å². The Morgan fingerprint density at radius 1 is 1.29 bits per heavy atom. The highest BCUT2D eigenvalue weighted by Gasteiger charge is 2.45. The largest absolute Gasteiger partial charge is 0.198 e. The second-order valence-electron chi connectivity index (χ2n) is 7.50. The molecule has 3 aliphatic rings. The Labute approximate surface area is 127 Å². The van der Waals surface area contributed by atoms with Crippen LogP contribution in [0.25, 0.3) is 0 Å². The molecule has 0 aromatic heterocycles. The van der Waals surface area contributed by atoms with Crippen molar-refractivity contribution in [2.24, 2.45) is 11.8 Å². The summed E-state index contributed by atoms with van der Waals surface area (Å²) in [7, 11) is 0. The third-order valence-corrected chi connectivity index (χ3v) is 6.26. The molecular formula is C20H23N. The van der Waals surface area contributed by atoms with E-state index >= 15 is 0 Å². The number of rotatable bonds is 0. The minimum atomic E-state index is 0.247. The number of nitrogens with zero attached hydrogens (tertiary/aromatic N) is 1. The standard InChI is InChI=1S/C20H23N/c1-13-3-5-18-16(9-13)4-6-19-17-11-14(12-21)10-15(17)7-8-20(18,19)2/h3,5,9,14-15H,4,6-8,10-11H2,1-2H3. The maximum Gasteiger partial charge on any atom is 0.0659 e. The van der Waals surface area contributed by atoms with Crippen LogP contribution in [-0.4, -0.2) is 0 Å². The van der Waals surface area contributed by atoms with Crippen LogP contribution in [0, 0.1) is 30.1 Å². The summed E-state index contributed by atoms with van der Waals surface area (Å²) in [5.74, 6) is 0.990. The predicted molar refractivity (Wildman–Crippen MR) is 84.9 cm³/mol. The van der Waals surface area contributed by atoms with Crippen molar-refractivity contribution in [2.75, 3.05) is 0 Å². The van der Waals surface area contributed by atoms with Crippen molar-refractivity contribution in [1.29, 1.82) is 5.26 Å². The number of hydrogen-bond acceptors (Lipinski definition) is 1. The van der Waals surface area contributed by atoms with Crippen molar-refractivity contribution < 1.29 is 0 Å². The first-order chi connectivity index (χ1) is 10.1. The number of fused-ring (bicyclic) bond motifs is 4. The second kappa shape index (κ2) is 4.47. The molecule has 0 radical (unpaired) electrons. The molecule has 0 spiro atoms. The lowest BCUT2D eigenvalue weighted by molar-refractivity contribution is 0.367. The summed E-state index contributed by atoms with van der Waals surface area (Å²) in [5.41, 5.74) is 8.13. The van der Waals surface area contributed by atoms with Crippen LogP contribution in [0.1, 0.15) is 55.7 Å². The first-order valence-electron chi connectivity index (χ1n) is 8.34. The Morgan fingerprint density at radius 2 is 2.14 bits per heavy atom. The normalized spacial score (nSPS) is 34.0. The lowest BCUT2D eigenvalue weighted by Crippen LogP contribution is -2.35. The minimum Gasteiger partial charge on any atom is -0.198 e. The van der Waals surface area contributed by atoms with Gasteiger partial charge in [0.25, 0.3) is 0 Å². The van der Waals surface area contributed by atoms with Crippen molar-refractivity contribution in [3.63, 3.8) is 0 Å². The van der Waals surface area contributed by atoms with E-state index in [2.05, 4.69) is 38.1 Å². The number of benzene rings is 1. The van der Waals surface area contributed by atoms with Crippen LogP contribution in [0.5, 0.6) is 0 Å². The molecule has 0 bridgehead atoms. The van der Waals surface area contributed by atoms with Crippen LogP contribution < -0.4 is 0 Å². The molecule has 1 fully saturated rings. The lowest BCUT2D eigenvalue weighted by Gasteiger charge is -2.44. The predicted octanol–water partition coefficient (Wildman–Crippen LogP) is 4.84. The van der Waals surface area contributed by atoms with E-state index in [0.29, 0.717) is 5.92 Å². The fourth-order valence-electron chi connectivity index (χ4n) is 5.19. The zero-order chi connectivity index (χ0) is 14.6. The first-order valence-corrected chi connectivity index (χ1v) is 8.34. The highest BCUT2D eigenvalue weighted by Crippen LogP contribution is 2.55. The van der Waals surface area contributed by atoms with Crippen molar-refractivity contribution >= 4 is 0 Å². The van der Waals surface area contributed by atoms with E-state index in [9.17, 15) is 5.26 Å². The molecule has 1 saturated carbocycles. The summed E-state index contributed by atoms with van der Waals surface area (Å²) in [6.45, 7) is 4.65. The Morgan fingerprint density at radius 3 is 2.95 bits per heavy atom. The van der Waals surface area contributed by atoms with Gasteiger partial charge in [-0.1, -0.05) is 41.8 Å². The zero-order valence-corrected chi connectivity index (χ0v) is 13.1. The van der Waals surface area contributed by atoms with Crippen LogP contribution in [0.15, 0.2) is 29.3 Å². The van der Waals surface area contributed by atoms with Gasteiger partial charge in [0.15, 0.2) is 0 Å². The molecule has 1 aromatic carbocycles. The van der Waals surface area contributed by atoms with E-state index in [1.165, 1.54) is 31.2 Å². The van der Waals surface area contributed by atoms with Gasteiger partial charge in [-0.2, -0.15) is 5.26 Å². The molecule has 3 aliphatic carbocycles. The highest BCUT2D eigenvalue weighted by atomic mass is 14.5. The van der Waals surface area contributed by atoms with E-state index in [4.69, 9.17) is 0 Å². The monoisotopic (exact) mass is 277 g/mol. The first kappa shape index (κ1) is 13.1. The average molecular weight is 277 g/mol. The average Bonchev–Trinajstić information content (AvgIpc) is 2.89. The van der Waals surface area contributed by atoms with E-state index in [0.717, 1.165) is 12.8 Å². The number of allylic oxidation sites excluding steroid dienone is 2. The minimum absolute atomic E-state index is 0.247. The summed E-state index contributed by atoms with van der Waals surface area (Å²) < 4.78 is 0. The molecule has 0 saturated heterocycles. The third kappa shape index (κ3) is 1.81. The fraction of sp³-hybridized carbons (Fsp3) is 0.550. The maximum absolute atomic E-state index is 9.29. The Hall–Kier alpha value is -1.55. The van der Waals surface area contributed by atoms with Gasteiger partial charge in [0.05, 0.1) is 12.0 Å². The van der Waals surface area contributed by atoms with Gasteiger partial charge in [-0.05, 0) is 62.5 Å². The second-order valence-corrected chi connectivity index (χ2v) is 7.50. The Kier molecular flexibility index (Phi) is 2.80. The molecule has 21 heavy (non-hydrogen) atoms. The summed E-state index contributed by atoms with van der Waals surface area (Å²) >= 11 is 0. The fourth-order valence-corrected chi connectivity index (χ4v) is 5.19. The van der Waals surface area contributed by atoms with Gasteiger partial charge in [0.2, 0.25) is 0 Å². The highest BCUT2D eigenvalue weighted by molar-refractivity contribution is 5.50. The smallest absolute Gasteiger partial charge is 0.0659 e. The van der Waals surface area contributed by atoms with Crippen LogP contribution in [0.4, 0.5) is 0 Å². The molecule has 0 amide bonds. The molecule has 1 aromatic rings. The van der Waals surface area contributed by atoms with Gasteiger partial charge in [-0.15, -0.1) is 0 Å². The van der Waals surface area contributed by atoms with E-state index in [1.54, 1.807) is 22.3 Å². The maximum atomic E-state index is 9.29. The van der Waals surface area contributed by atoms with E-state index < -0.39 is 0 Å². The van der Waals surface area contributed by atoms with Crippen LogP contribution in [0.3, 0.4) is 0 Å². The van der Waals surface area contributed by atoms with Crippen LogP contribution >= 0.6 is 0 Å². The number of hydrogen-bond donors (Lipinski definition) is 0. The molecule has 3 atom stereocenters. The van der Waals surface area contributed by atoms with Crippen LogP contribution in [0.2, 0.25) is 0 Å². The quantitative estimate of drug-likeness (QED) is 0.622. The molecule has 0 heterocycles. The molecule has 1 heteroatoms. The Bertz CT molecular complexity index is 676. The van der Waals surface area contributed by atoms with Crippen LogP contribution in [-0.2, 0) is 11.8 Å². The molecule has 108 valence electrons. The summed E-state index contributed by atoms with van der Waals surface area (Å²) in [5, 5.41) is 9.29. The number of nitriles is 1. The molecule has 0 aliphatic heterocycles. The van der Waals surface area contributed by atoms with Crippen molar-refractivity contribution in [3.8, 4) is 6.07 Å². The molecule has 1 nitrogen and oxygen atoms in total. The summed E-state index contributed by atoms with van der Waals surface area (Å²) in [6.07, 6.45) is 7.12. The summed E-state index contributed by atoms with van der Waals surface area (Å²) in [4.78, 5) is 0. The van der Waals surface area contributed by atoms with Crippen molar-refractivity contribution in [2.45, 2.75) is 57.8 Å². The summed E-state index contributed by atoms with van der Waals surface area (Å²) in [6, 6.07) is 9.56. The molecule has 4 rings (SSSR count). The van der Waals surface area contributed by atoms with Gasteiger partial charge in [0, 0.05) is 5.41 Å². The zero-order valence-electron chi connectivity index (χ0n) is 13.1. The van der Waals surface area contributed by atoms with Gasteiger partial charge in [-0.3, -0.25) is 0 Å². The molecule has 0 N–H and O–H groups in total. The SMILES string of the molecule is Cc1ccc2c(c1)CCC1=C3CC(C#N)CC3CCC12C. The third-order valence-electron chi connectivity index (χ3n) is 6.26.